The molecule has 0 unspecified atom stereocenters. The van der Waals surface area contributed by atoms with Gasteiger partial charge in [-0.3, -0.25) is 14.3 Å². The van der Waals surface area contributed by atoms with E-state index in [2.05, 4.69) is 20.3 Å². The van der Waals surface area contributed by atoms with Crippen molar-refractivity contribution in [1.29, 1.82) is 5.26 Å². The summed E-state index contributed by atoms with van der Waals surface area (Å²) in [5.74, 6) is 0.0578. The first-order chi connectivity index (χ1) is 16.4. The number of nitriles is 1. The maximum Gasteiger partial charge on any atom is 0.401 e. The molecular weight excluding hydrogens is 487 g/mol. The largest absolute Gasteiger partial charge is 0.401 e. The number of benzene rings is 1. The van der Waals surface area contributed by atoms with Gasteiger partial charge in [0.05, 0.1) is 28.5 Å². The molecule has 14 heteroatoms. The Labute approximate surface area is 203 Å². The van der Waals surface area contributed by atoms with E-state index in [9.17, 15) is 23.2 Å². The van der Waals surface area contributed by atoms with Crippen LogP contribution in [0.1, 0.15) is 30.8 Å². The van der Waals surface area contributed by atoms with E-state index >= 15 is 0 Å². The molecule has 0 bridgehead atoms. The third-order valence-corrected chi connectivity index (χ3v) is 5.45. The molecule has 0 aliphatic carbocycles. The maximum atomic E-state index is 13.4. The lowest BCUT2D eigenvalue weighted by Gasteiger charge is -2.22. The summed E-state index contributed by atoms with van der Waals surface area (Å²) in [6, 6.07) is 6.06. The Hall–Kier alpha value is -3.63. The SMILES string of the molecule is C[C@H](Nc1nc(N)nc(N)c1C#N)c1nc2cccc(Cl)c2c(=O)n1CCCN(C)CC(F)(F)F. The highest BCUT2D eigenvalue weighted by atomic mass is 35.5. The lowest BCUT2D eigenvalue weighted by Crippen LogP contribution is -2.34. The van der Waals surface area contributed by atoms with Crippen LogP contribution < -0.4 is 22.3 Å². The molecule has 5 N–H and O–H groups in total. The fourth-order valence-electron chi connectivity index (χ4n) is 3.65. The first-order valence-corrected chi connectivity index (χ1v) is 10.8. The Balaban J connectivity index is 1.99. The normalized spacial score (nSPS) is 12.6. The van der Waals surface area contributed by atoms with Gasteiger partial charge in [0.25, 0.3) is 5.56 Å². The van der Waals surface area contributed by atoms with Crippen LogP contribution in [0.4, 0.5) is 30.8 Å². The lowest BCUT2D eigenvalue weighted by molar-refractivity contribution is -0.143. The average Bonchev–Trinajstić information content (AvgIpc) is 2.73. The number of nitrogens with zero attached hydrogens (tertiary/aromatic N) is 6. The monoisotopic (exact) mass is 509 g/mol. The lowest BCUT2D eigenvalue weighted by atomic mass is 10.2. The molecule has 1 atom stereocenters. The standard InChI is InChI=1S/C21H23ClF3N9O/c1-11(29-17-12(9-26)16(27)31-20(28)32-17)18-30-14-6-3-5-13(22)15(14)19(35)34(18)8-4-7-33(2)10-21(23,24)25/h3,5-6,11H,4,7-8,10H2,1-2H3,(H5,27,28,29,31,32)/t11-/m0/s1. The molecule has 3 aromatic rings. The summed E-state index contributed by atoms with van der Waals surface area (Å²) in [6.45, 7) is 0.781. The minimum Gasteiger partial charge on any atom is -0.382 e. The summed E-state index contributed by atoms with van der Waals surface area (Å²) in [6.07, 6.45) is -4.09. The molecular formula is C21H23ClF3N9O. The number of anilines is 3. The van der Waals surface area contributed by atoms with E-state index in [1.54, 1.807) is 25.1 Å². The molecule has 0 aliphatic rings. The molecule has 0 spiro atoms. The predicted molar refractivity (Wildman–Crippen MR) is 127 cm³/mol. The number of hydrogen-bond donors (Lipinski definition) is 3. The third kappa shape index (κ3) is 6.09. The molecule has 1 aromatic carbocycles. The molecule has 3 rings (SSSR count). The number of hydrogen-bond acceptors (Lipinski definition) is 9. The van der Waals surface area contributed by atoms with Gasteiger partial charge in [-0.2, -0.15) is 28.4 Å². The number of nitrogens with one attached hydrogen (secondary N) is 1. The van der Waals surface area contributed by atoms with Crippen molar-refractivity contribution >= 4 is 40.1 Å². The molecule has 0 aliphatic heterocycles. The maximum absolute atomic E-state index is 13.4. The summed E-state index contributed by atoms with van der Waals surface area (Å²) in [5, 5.41) is 12.8. The highest BCUT2D eigenvalue weighted by Crippen LogP contribution is 2.25. The number of nitrogens with two attached hydrogens (primary N) is 2. The van der Waals surface area contributed by atoms with Crippen LogP contribution in [0.25, 0.3) is 10.9 Å². The highest BCUT2D eigenvalue weighted by molar-refractivity contribution is 6.35. The summed E-state index contributed by atoms with van der Waals surface area (Å²) in [5.41, 5.74) is 11.3. The molecule has 0 radical (unpaired) electrons. The predicted octanol–water partition coefficient (Wildman–Crippen LogP) is 2.93. The molecule has 0 saturated heterocycles. The van der Waals surface area contributed by atoms with Gasteiger partial charge in [-0.05, 0) is 39.1 Å². The fraction of sp³-hybridized carbons (Fsp3) is 0.381. The molecule has 0 fully saturated rings. The van der Waals surface area contributed by atoms with Crippen molar-refractivity contribution in [1.82, 2.24) is 24.4 Å². The molecule has 35 heavy (non-hydrogen) atoms. The highest BCUT2D eigenvalue weighted by Gasteiger charge is 2.29. The van der Waals surface area contributed by atoms with E-state index in [4.69, 9.17) is 23.1 Å². The smallest absolute Gasteiger partial charge is 0.382 e. The summed E-state index contributed by atoms with van der Waals surface area (Å²) >= 11 is 6.24. The van der Waals surface area contributed by atoms with Crippen molar-refractivity contribution in [3.63, 3.8) is 0 Å². The first kappa shape index (κ1) is 26.0. The Kier molecular flexibility index (Phi) is 7.67. The van der Waals surface area contributed by atoms with Gasteiger partial charge >= 0.3 is 6.18 Å². The number of alkyl halides is 3. The van der Waals surface area contributed by atoms with E-state index in [0.717, 1.165) is 4.90 Å². The second-order valence-corrected chi connectivity index (χ2v) is 8.34. The zero-order valence-corrected chi connectivity index (χ0v) is 19.7. The Morgan fingerprint density at radius 3 is 2.66 bits per heavy atom. The van der Waals surface area contributed by atoms with Crippen LogP contribution in [0, 0.1) is 11.3 Å². The summed E-state index contributed by atoms with van der Waals surface area (Å²) < 4.78 is 39.3. The zero-order chi connectivity index (χ0) is 25.9. The van der Waals surface area contributed by atoms with Crippen LogP contribution in [0.15, 0.2) is 23.0 Å². The van der Waals surface area contributed by atoms with Gasteiger partial charge in [0, 0.05) is 6.54 Å². The van der Waals surface area contributed by atoms with Gasteiger partial charge in [-0.1, -0.05) is 17.7 Å². The van der Waals surface area contributed by atoms with Gasteiger partial charge in [-0.15, -0.1) is 0 Å². The van der Waals surface area contributed by atoms with E-state index in [1.807, 2.05) is 6.07 Å². The Bertz CT molecular complexity index is 1340. The van der Waals surface area contributed by atoms with E-state index in [0.29, 0.717) is 5.52 Å². The van der Waals surface area contributed by atoms with Crippen LogP contribution >= 0.6 is 11.6 Å². The van der Waals surface area contributed by atoms with E-state index in [-0.39, 0.29) is 58.9 Å². The van der Waals surface area contributed by atoms with E-state index < -0.39 is 24.3 Å². The quantitative estimate of drug-likeness (QED) is 0.416. The number of nitrogen functional groups attached to an aromatic ring is 2. The van der Waals surface area contributed by atoms with Crippen LogP contribution in [0.5, 0.6) is 0 Å². The first-order valence-electron chi connectivity index (χ1n) is 10.4. The van der Waals surface area contributed by atoms with Crippen LogP contribution in [-0.2, 0) is 6.54 Å². The van der Waals surface area contributed by atoms with Crippen LogP contribution in [0.3, 0.4) is 0 Å². The van der Waals surface area contributed by atoms with Crippen LogP contribution in [0.2, 0.25) is 5.02 Å². The second kappa shape index (κ2) is 10.3. The van der Waals surface area contributed by atoms with Crippen molar-refractivity contribution in [2.24, 2.45) is 0 Å². The number of aromatic nitrogens is 4. The Morgan fingerprint density at radius 2 is 2.00 bits per heavy atom. The van der Waals surface area contributed by atoms with Gasteiger partial charge < -0.3 is 16.8 Å². The third-order valence-electron chi connectivity index (χ3n) is 5.14. The van der Waals surface area contributed by atoms with Crippen molar-refractivity contribution in [3.8, 4) is 6.07 Å². The van der Waals surface area contributed by atoms with Gasteiger partial charge in [0.1, 0.15) is 23.3 Å². The number of fused-ring (bicyclic) bond motifs is 1. The average molecular weight is 510 g/mol. The van der Waals surface area contributed by atoms with Crippen molar-refractivity contribution < 1.29 is 13.2 Å². The van der Waals surface area contributed by atoms with Crippen molar-refractivity contribution in [2.45, 2.75) is 32.1 Å². The molecule has 0 amide bonds. The van der Waals surface area contributed by atoms with Crippen molar-refractivity contribution in [3.05, 3.63) is 45.0 Å². The van der Waals surface area contributed by atoms with E-state index in [1.165, 1.54) is 11.6 Å². The minimum atomic E-state index is -4.33. The molecule has 2 aromatic heterocycles. The Morgan fingerprint density at radius 1 is 1.29 bits per heavy atom. The van der Waals surface area contributed by atoms with Gasteiger partial charge in [0.15, 0.2) is 5.82 Å². The second-order valence-electron chi connectivity index (χ2n) is 7.94. The molecule has 2 heterocycles. The summed E-state index contributed by atoms with van der Waals surface area (Å²) in [7, 11) is 1.35. The fourth-order valence-corrected chi connectivity index (χ4v) is 3.90. The topological polar surface area (TPSA) is 152 Å². The van der Waals surface area contributed by atoms with Crippen LogP contribution in [-0.4, -0.2) is 50.7 Å². The number of halogens is 4. The van der Waals surface area contributed by atoms with Gasteiger partial charge in [-0.25, -0.2) is 4.98 Å². The molecule has 0 saturated carbocycles. The number of rotatable bonds is 8. The molecule has 10 nitrogen and oxygen atoms in total. The minimum absolute atomic E-state index is 0.0300. The van der Waals surface area contributed by atoms with Gasteiger partial charge in [0.2, 0.25) is 5.95 Å². The van der Waals surface area contributed by atoms with Crippen molar-refractivity contribution in [2.75, 3.05) is 36.9 Å². The zero-order valence-electron chi connectivity index (χ0n) is 18.9. The summed E-state index contributed by atoms with van der Waals surface area (Å²) in [4.78, 5) is 26.9. The molecule has 186 valence electrons.